The Labute approximate surface area is 227 Å². The molecule has 5 heterocycles. The number of sulfonamides is 1. The quantitative estimate of drug-likeness (QED) is 0.549. The fraction of sp³-hybridized carbons (Fsp3) is 0.600. The number of hydrogen-bond acceptors (Lipinski definition) is 8. The number of nitrogens with one attached hydrogen (secondary N) is 2. The van der Waals surface area contributed by atoms with Crippen LogP contribution in [0.15, 0.2) is 30.7 Å². The molecule has 9 nitrogen and oxygen atoms in total. The SMILES string of the molecule is C[C@H](OC1CCC2NNC(c3ccc(N4CC5(C4)CN(S(C)(=O)=O)C5)nc3)C2C1)c1c(Cl)cncc1Cl. The lowest BCUT2D eigenvalue weighted by Crippen LogP contribution is -2.73. The van der Waals surface area contributed by atoms with Gasteiger partial charge in [0, 0.05) is 61.8 Å². The molecular weight excluding hydrogens is 535 g/mol. The molecule has 0 radical (unpaired) electrons. The highest BCUT2D eigenvalue weighted by atomic mass is 35.5. The molecule has 3 saturated heterocycles. The van der Waals surface area contributed by atoms with E-state index in [4.69, 9.17) is 32.9 Å². The van der Waals surface area contributed by atoms with E-state index >= 15 is 0 Å². The van der Waals surface area contributed by atoms with Gasteiger partial charge < -0.3 is 9.64 Å². The summed E-state index contributed by atoms with van der Waals surface area (Å²) < 4.78 is 31.4. The van der Waals surface area contributed by atoms with Gasteiger partial charge in [0.15, 0.2) is 0 Å². The number of halogens is 2. The second-order valence-corrected chi connectivity index (χ2v) is 13.9. The number of nitrogens with zero attached hydrogens (tertiary/aromatic N) is 4. The third-order valence-corrected chi connectivity index (χ3v) is 10.2. The van der Waals surface area contributed by atoms with Crippen LogP contribution in [0.4, 0.5) is 5.82 Å². The standard InChI is InChI=1S/C25H32Cl2N6O3S/c1-15(23-19(26)9-28-10-20(23)27)36-17-4-5-21-18(7-17)24(31-30-21)16-3-6-22(29-8-16)32-11-25(12-32)13-33(14-25)37(2,34)35/h3,6,8-10,15,17-18,21,24,30-31H,4-5,7,11-14H2,1-2H3/t15-,17?,18?,21?,24?/m0/s1. The second-order valence-electron chi connectivity index (χ2n) is 11.1. The van der Waals surface area contributed by atoms with Gasteiger partial charge in [-0.2, -0.15) is 0 Å². The minimum absolute atomic E-state index is 0.0898. The average molecular weight is 568 g/mol. The first-order valence-electron chi connectivity index (χ1n) is 12.7. The maximum Gasteiger partial charge on any atom is 0.211 e. The Kier molecular flexibility index (Phi) is 6.67. The lowest BCUT2D eigenvalue weighted by molar-refractivity contribution is -0.0370. The van der Waals surface area contributed by atoms with Crippen molar-refractivity contribution in [3.63, 3.8) is 0 Å². The van der Waals surface area contributed by atoms with Crippen molar-refractivity contribution in [1.29, 1.82) is 0 Å². The highest BCUT2D eigenvalue weighted by molar-refractivity contribution is 7.88. The molecule has 0 bridgehead atoms. The Balaban J connectivity index is 1.07. The molecule has 4 unspecified atom stereocenters. The van der Waals surface area contributed by atoms with Crippen LogP contribution in [0.3, 0.4) is 0 Å². The van der Waals surface area contributed by atoms with Crippen LogP contribution >= 0.6 is 23.2 Å². The lowest BCUT2D eigenvalue weighted by Gasteiger charge is -2.59. The van der Waals surface area contributed by atoms with E-state index in [1.54, 1.807) is 16.7 Å². The molecule has 2 aromatic rings. The summed E-state index contributed by atoms with van der Waals surface area (Å²) in [7, 11) is -3.09. The van der Waals surface area contributed by atoms with Gasteiger partial charge in [-0.25, -0.2) is 23.1 Å². The predicted octanol–water partition coefficient (Wildman–Crippen LogP) is 3.33. The molecule has 2 aromatic heterocycles. The van der Waals surface area contributed by atoms with Crippen molar-refractivity contribution in [3.8, 4) is 0 Å². The van der Waals surface area contributed by atoms with Crippen LogP contribution in [-0.4, -0.2) is 67.3 Å². The summed E-state index contributed by atoms with van der Waals surface area (Å²) in [4.78, 5) is 11.0. The molecule has 4 aliphatic rings. The highest BCUT2D eigenvalue weighted by Crippen LogP contribution is 2.44. The average Bonchev–Trinajstić information content (AvgIpc) is 3.20. The predicted molar refractivity (Wildman–Crippen MR) is 143 cm³/mol. The number of hydrazine groups is 1. The lowest BCUT2D eigenvalue weighted by atomic mass is 9.74. The summed E-state index contributed by atoms with van der Waals surface area (Å²) in [6.45, 7) is 4.92. The second kappa shape index (κ2) is 9.59. The zero-order valence-corrected chi connectivity index (χ0v) is 23.2. The first-order chi connectivity index (χ1) is 17.6. The Bertz CT molecular complexity index is 1250. The first-order valence-corrected chi connectivity index (χ1v) is 15.3. The van der Waals surface area contributed by atoms with E-state index in [-0.39, 0.29) is 23.7 Å². The van der Waals surface area contributed by atoms with Gasteiger partial charge in [0.25, 0.3) is 0 Å². The van der Waals surface area contributed by atoms with E-state index in [1.807, 2.05) is 13.1 Å². The Morgan fingerprint density at radius 2 is 1.81 bits per heavy atom. The number of ether oxygens (including phenoxy) is 1. The van der Waals surface area contributed by atoms with Crippen LogP contribution in [0.25, 0.3) is 0 Å². The van der Waals surface area contributed by atoms with Crippen LogP contribution < -0.4 is 15.8 Å². The molecule has 2 N–H and O–H groups in total. The normalized spacial score (nSPS) is 30.0. The van der Waals surface area contributed by atoms with Crippen molar-refractivity contribution >= 4 is 39.0 Å². The molecule has 6 rings (SSSR count). The molecular formula is C25H32Cl2N6O3S. The Hall–Kier alpha value is -1.53. The first kappa shape index (κ1) is 25.7. The number of hydrogen-bond donors (Lipinski definition) is 2. The van der Waals surface area contributed by atoms with E-state index < -0.39 is 10.0 Å². The molecule has 37 heavy (non-hydrogen) atoms. The summed E-state index contributed by atoms with van der Waals surface area (Å²) in [5, 5.41) is 1.06. The van der Waals surface area contributed by atoms with Crippen molar-refractivity contribution < 1.29 is 13.2 Å². The van der Waals surface area contributed by atoms with Crippen LogP contribution in [0.5, 0.6) is 0 Å². The van der Waals surface area contributed by atoms with Crippen LogP contribution in [0.1, 0.15) is 49.5 Å². The summed E-state index contributed by atoms with van der Waals surface area (Å²) in [6, 6.07) is 4.78. The van der Waals surface area contributed by atoms with Gasteiger partial charge in [0.2, 0.25) is 10.0 Å². The van der Waals surface area contributed by atoms with E-state index in [0.29, 0.717) is 35.1 Å². The van der Waals surface area contributed by atoms with Gasteiger partial charge in [-0.15, -0.1) is 0 Å². The van der Waals surface area contributed by atoms with Gasteiger partial charge >= 0.3 is 0 Å². The zero-order valence-electron chi connectivity index (χ0n) is 20.9. The van der Waals surface area contributed by atoms with Gasteiger partial charge in [-0.05, 0) is 43.7 Å². The van der Waals surface area contributed by atoms with Crippen molar-refractivity contribution in [2.24, 2.45) is 11.3 Å². The number of pyridine rings is 2. The molecule has 200 valence electrons. The van der Waals surface area contributed by atoms with Crippen LogP contribution in [0, 0.1) is 11.3 Å². The van der Waals surface area contributed by atoms with E-state index in [1.165, 1.54) is 6.26 Å². The summed E-state index contributed by atoms with van der Waals surface area (Å²) in [6.07, 6.45) is 9.27. The fourth-order valence-corrected chi connectivity index (χ4v) is 8.16. The maximum absolute atomic E-state index is 11.7. The minimum Gasteiger partial charge on any atom is -0.370 e. The third-order valence-electron chi connectivity index (χ3n) is 8.40. The topological polar surface area (TPSA) is 99.7 Å². The zero-order chi connectivity index (χ0) is 25.9. The smallest absolute Gasteiger partial charge is 0.211 e. The summed E-state index contributed by atoms with van der Waals surface area (Å²) in [5.74, 6) is 1.32. The molecule has 1 saturated carbocycles. The van der Waals surface area contributed by atoms with Gasteiger partial charge in [-0.1, -0.05) is 29.3 Å². The Morgan fingerprint density at radius 3 is 2.46 bits per heavy atom. The summed E-state index contributed by atoms with van der Waals surface area (Å²) in [5.41, 5.74) is 9.01. The van der Waals surface area contributed by atoms with Gasteiger partial charge in [0.1, 0.15) is 5.82 Å². The maximum atomic E-state index is 11.7. The number of rotatable bonds is 6. The number of aromatic nitrogens is 2. The number of anilines is 1. The van der Waals surface area contributed by atoms with Gasteiger partial charge in [-0.3, -0.25) is 10.4 Å². The number of fused-ring (bicyclic) bond motifs is 1. The van der Waals surface area contributed by atoms with Crippen molar-refractivity contribution in [2.75, 3.05) is 37.3 Å². The van der Waals surface area contributed by atoms with Crippen LogP contribution in [0.2, 0.25) is 10.0 Å². The van der Waals surface area contributed by atoms with E-state index in [9.17, 15) is 8.42 Å². The molecule has 1 spiro atoms. The minimum atomic E-state index is -3.09. The van der Waals surface area contributed by atoms with E-state index in [0.717, 1.165) is 49.3 Å². The van der Waals surface area contributed by atoms with Gasteiger partial charge in [0.05, 0.1) is 34.6 Å². The summed E-state index contributed by atoms with van der Waals surface area (Å²) >= 11 is 12.7. The molecule has 5 atom stereocenters. The fourth-order valence-electron chi connectivity index (χ4n) is 6.47. The Morgan fingerprint density at radius 1 is 1.08 bits per heavy atom. The van der Waals surface area contributed by atoms with Crippen molar-refractivity contribution in [3.05, 3.63) is 51.9 Å². The van der Waals surface area contributed by atoms with Crippen molar-refractivity contribution in [1.82, 2.24) is 25.1 Å². The monoisotopic (exact) mass is 566 g/mol. The largest absolute Gasteiger partial charge is 0.370 e. The molecule has 4 fully saturated rings. The highest BCUT2D eigenvalue weighted by Gasteiger charge is 2.54. The molecule has 1 aliphatic carbocycles. The molecule has 3 aliphatic heterocycles. The van der Waals surface area contributed by atoms with Crippen molar-refractivity contribution in [2.45, 2.75) is 50.5 Å². The van der Waals surface area contributed by atoms with E-state index in [2.05, 4.69) is 32.9 Å². The molecule has 0 amide bonds. The van der Waals surface area contributed by atoms with Crippen LogP contribution in [-0.2, 0) is 14.8 Å². The molecule has 12 heteroatoms. The molecule has 0 aromatic carbocycles. The third kappa shape index (κ3) is 4.86.